The zero-order valence-electron chi connectivity index (χ0n) is 11.5. The van der Waals surface area contributed by atoms with Gasteiger partial charge < -0.3 is 15.4 Å². The molecule has 1 aliphatic heterocycles. The van der Waals surface area contributed by atoms with Gasteiger partial charge in [0.2, 0.25) is 0 Å². The van der Waals surface area contributed by atoms with Gasteiger partial charge in [-0.2, -0.15) is 5.26 Å². The quantitative estimate of drug-likeness (QED) is 0.896. The first-order valence-corrected chi connectivity index (χ1v) is 6.75. The number of hydrogen-bond acceptors (Lipinski definition) is 6. The molecule has 1 aliphatic rings. The van der Waals surface area contributed by atoms with Crippen LogP contribution >= 0.6 is 0 Å². The van der Waals surface area contributed by atoms with Gasteiger partial charge in [0.15, 0.2) is 11.6 Å². The fourth-order valence-electron chi connectivity index (χ4n) is 2.29. The number of nitriles is 1. The summed E-state index contributed by atoms with van der Waals surface area (Å²) >= 11 is 0. The maximum absolute atomic E-state index is 9.32. The number of nitrogens with zero attached hydrogens (tertiary/aromatic N) is 4. The van der Waals surface area contributed by atoms with Crippen LogP contribution in [0.15, 0.2) is 30.3 Å². The highest BCUT2D eigenvalue weighted by atomic mass is 16.5. The Kier molecular flexibility index (Phi) is 3.67. The third kappa shape index (κ3) is 2.64. The van der Waals surface area contributed by atoms with E-state index in [1.807, 2.05) is 35.2 Å². The fraction of sp³-hybridized carbons (Fsp3) is 0.267. The zero-order chi connectivity index (χ0) is 14.7. The van der Waals surface area contributed by atoms with E-state index in [0.29, 0.717) is 43.5 Å². The highest BCUT2D eigenvalue weighted by molar-refractivity contribution is 5.69. The summed E-state index contributed by atoms with van der Waals surface area (Å²) in [6.07, 6.45) is 0. The summed E-state index contributed by atoms with van der Waals surface area (Å²) in [5, 5.41) is 9.32. The number of ether oxygens (including phenoxy) is 1. The molecule has 0 radical (unpaired) electrons. The van der Waals surface area contributed by atoms with Gasteiger partial charge in [-0.1, -0.05) is 30.3 Å². The van der Waals surface area contributed by atoms with Crippen LogP contribution in [0.3, 0.4) is 0 Å². The first kappa shape index (κ1) is 13.3. The number of morpholine rings is 1. The lowest BCUT2D eigenvalue weighted by Crippen LogP contribution is -2.37. The minimum atomic E-state index is 0.216. The van der Waals surface area contributed by atoms with E-state index in [2.05, 4.69) is 16.0 Å². The molecule has 6 nitrogen and oxygen atoms in total. The number of nitrogens with two attached hydrogens (primary N) is 1. The standard InChI is InChI=1S/C15H15N5O/c16-10-12-13(17)18-14(11-4-2-1-3-5-11)19-15(12)20-6-8-21-9-7-20/h1-5H,6-9H2,(H2,17,18,19). The third-order valence-corrected chi connectivity index (χ3v) is 3.37. The molecule has 1 fully saturated rings. The first-order chi connectivity index (χ1) is 10.3. The van der Waals surface area contributed by atoms with Crippen molar-refractivity contribution >= 4 is 11.6 Å². The minimum absolute atomic E-state index is 0.216. The predicted molar refractivity (Wildman–Crippen MR) is 79.6 cm³/mol. The molecule has 1 aromatic carbocycles. The monoisotopic (exact) mass is 281 g/mol. The van der Waals surface area contributed by atoms with Crippen LogP contribution in [0.2, 0.25) is 0 Å². The van der Waals surface area contributed by atoms with E-state index in [1.54, 1.807) is 0 Å². The molecule has 2 N–H and O–H groups in total. The Morgan fingerprint density at radius 2 is 1.86 bits per heavy atom. The van der Waals surface area contributed by atoms with E-state index < -0.39 is 0 Å². The van der Waals surface area contributed by atoms with Crippen molar-refractivity contribution in [3.05, 3.63) is 35.9 Å². The SMILES string of the molecule is N#Cc1c(N)nc(-c2ccccc2)nc1N1CCOCC1. The van der Waals surface area contributed by atoms with E-state index >= 15 is 0 Å². The van der Waals surface area contributed by atoms with Crippen LogP contribution in [-0.4, -0.2) is 36.3 Å². The van der Waals surface area contributed by atoms with E-state index in [-0.39, 0.29) is 5.82 Å². The lowest BCUT2D eigenvalue weighted by atomic mass is 10.2. The number of hydrogen-bond donors (Lipinski definition) is 1. The maximum Gasteiger partial charge on any atom is 0.163 e. The van der Waals surface area contributed by atoms with Gasteiger partial charge in [-0.15, -0.1) is 0 Å². The van der Waals surface area contributed by atoms with E-state index in [4.69, 9.17) is 10.5 Å². The van der Waals surface area contributed by atoms with Crippen molar-refractivity contribution in [2.75, 3.05) is 36.9 Å². The molecule has 0 bridgehead atoms. The molecular weight excluding hydrogens is 266 g/mol. The largest absolute Gasteiger partial charge is 0.382 e. The Bertz CT molecular complexity index is 674. The van der Waals surface area contributed by atoms with Crippen molar-refractivity contribution in [2.24, 2.45) is 0 Å². The lowest BCUT2D eigenvalue weighted by Gasteiger charge is -2.28. The van der Waals surface area contributed by atoms with Gasteiger partial charge in [-0.25, -0.2) is 9.97 Å². The van der Waals surface area contributed by atoms with Crippen LogP contribution in [0.25, 0.3) is 11.4 Å². The van der Waals surface area contributed by atoms with Crippen molar-refractivity contribution in [3.63, 3.8) is 0 Å². The molecule has 1 saturated heterocycles. The molecule has 6 heteroatoms. The summed E-state index contributed by atoms with van der Waals surface area (Å²) < 4.78 is 5.34. The molecule has 1 aromatic heterocycles. The highest BCUT2D eigenvalue weighted by Gasteiger charge is 2.20. The summed E-state index contributed by atoms with van der Waals surface area (Å²) in [6, 6.07) is 11.7. The summed E-state index contributed by atoms with van der Waals surface area (Å²) in [5.74, 6) is 1.34. The summed E-state index contributed by atoms with van der Waals surface area (Å²) in [5.41, 5.74) is 7.15. The smallest absolute Gasteiger partial charge is 0.163 e. The average Bonchev–Trinajstić information content (AvgIpc) is 2.55. The van der Waals surface area contributed by atoms with Crippen LogP contribution in [0.4, 0.5) is 11.6 Å². The van der Waals surface area contributed by atoms with Gasteiger partial charge in [0, 0.05) is 18.7 Å². The average molecular weight is 281 g/mol. The Morgan fingerprint density at radius 3 is 2.52 bits per heavy atom. The summed E-state index contributed by atoms with van der Waals surface area (Å²) in [7, 11) is 0. The summed E-state index contributed by atoms with van der Waals surface area (Å²) in [6.45, 7) is 2.63. The second-order valence-corrected chi connectivity index (χ2v) is 4.71. The van der Waals surface area contributed by atoms with Crippen LogP contribution in [0.5, 0.6) is 0 Å². The van der Waals surface area contributed by atoms with E-state index in [0.717, 1.165) is 5.56 Å². The molecule has 0 spiro atoms. The molecule has 21 heavy (non-hydrogen) atoms. The predicted octanol–water partition coefficient (Wildman–Crippen LogP) is 1.43. The lowest BCUT2D eigenvalue weighted by molar-refractivity contribution is 0.122. The van der Waals surface area contributed by atoms with Gasteiger partial charge >= 0.3 is 0 Å². The minimum Gasteiger partial charge on any atom is -0.382 e. The Morgan fingerprint density at radius 1 is 1.14 bits per heavy atom. The maximum atomic E-state index is 9.32. The first-order valence-electron chi connectivity index (χ1n) is 6.75. The fourth-order valence-corrected chi connectivity index (χ4v) is 2.29. The zero-order valence-corrected chi connectivity index (χ0v) is 11.5. The van der Waals surface area contributed by atoms with Crippen LogP contribution in [0.1, 0.15) is 5.56 Å². The molecule has 0 atom stereocenters. The van der Waals surface area contributed by atoms with Crippen molar-refractivity contribution < 1.29 is 4.74 Å². The molecule has 2 aromatic rings. The molecule has 0 unspecified atom stereocenters. The molecule has 106 valence electrons. The molecule has 0 aliphatic carbocycles. The Labute approximate surface area is 122 Å². The van der Waals surface area contributed by atoms with Gasteiger partial charge in [-0.05, 0) is 0 Å². The highest BCUT2D eigenvalue weighted by Crippen LogP contribution is 2.26. The second kappa shape index (κ2) is 5.77. The number of rotatable bonds is 2. The topological polar surface area (TPSA) is 88.1 Å². The number of nitrogen functional groups attached to an aromatic ring is 1. The number of aromatic nitrogens is 2. The normalized spacial score (nSPS) is 14.7. The van der Waals surface area contributed by atoms with Crippen LogP contribution in [0, 0.1) is 11.3 Å². The summed E-state index contributed by atoms with van der Waals surface area (Å²) in [4.78, 5) is 10.8. The van der Waals surface area contributed by atoms with Crippen molar-refractivity contribution in [1.82, 2.24) is 9.97 Å². The molecule has 2 heterocycles. The van der Waals surface area contributed by atoms with Gasteiger partial charge in [0.25, 0.3) is 0 Å². The second-order valence-electron chi connectivity index (χ2n) is 4.71. The Balaban J connectivity index is 2.09. The van der Waals surface area contributed by atoms with Crippen molar-refractivity contribution in [3.8, 4) is 17.5 Å². The van der Waals surface area contributed by atoms with E-state index in [1.165, 1.54) is 0 Å². The molecular formula is C15H15N5O. The van der Waals surface area contributed by atoms with Crippen molar-refractivity contribution in [2.45, 2.75) is 0 Å². The van der Waals surface area contributed by atoms with E-state index in [9.17, 15) is 5.26 Å². The molecule has 0 saturated carbocycles. The van der Waals surface area contributed by atoms with Gasteiger partial charge in [0.1, 0.15) is 17.5 Å². The number of anilines is 2. The van der Waals surface area contributed by atoms with Crippen molar-refractivity contribution in [1.29, 1.82) is 5.26 Å². The third-order valence-electron chi connectivity index (χ3n) is 3.37. The van der Waals surface area contributed by atoms with Crippen LogP contribution in [-0.2, 0) is 4.74 Å². The van der Waals surface area contributed by atoms with Gasteiger partial charge in [-0.3, -0.25) is 0 Å². The Hall–Kier alpha value is -2.65. The molecule has 3 rings (SSSR count). The molecule has 0 amide bonds. The van der Waals surface area contributed by atoms with Gasteiger partial charge in [0.05, 0.1) is 13.2 Å². The number of benzene rings is 1. The van der Waals surface area contributed by atoms with Crippen LogP contribution < -0.4 is 10.6 Å².